The molecule has 2 aromatic rings. The van der Waals surface area contributed by atoms with Crippen LogP contribution in [0, 0.1) is 0 Å². The van der Waals surface area contributed by atoms with Gasteiger partial charge in [0.05, 0.1) is 0 Å². The van der Waals surface area contributed by atoms with Crippen molar-refractivity contribution in [2.45, 2.75) is 6.61 Å². The standard InChI is InChI=1S/C13H10N2O2/c14-15-8-13(16)17-9-10-5-6-11-3-1-2-4-12(11)7-10/h1-8H,9H2. The second-order valence-electron chi connectivity index (χ2n) is 3.53. The van der Waals surface area contributed by atoms with Gasteiger partial charge in [-0.15, -0.1) is 0 Å². The second-order valence-corrected chi connectivity index (χ2v) is 3.53. The van der Waals surface area contributed by atoms with Gasteiger partial charge in [-0.05, 0) is 22.4 Å². The van der Waals surface area contributed by atoms with E-state index in [-0.39, 0.29) is 6.61 Å². The van der Waals surface area contributed by atoms with Crippen molar-refractivity contribution >= 4 is 23.0 Å². The molecular weight excluding hydrogens is 216 g/mol. The molecule has 17 heavy (non-hydrogen) atoms. The first-order chi connectivity index (χ1) is 8.29. The minimum absolute atomic E-state index is 0.162. The molecule has 0 saturated heterocycles. The van der Waals surface area contributed by atoms with E-state index in [1.54, 1.807) is 0 Å². The van der Waals surface area contributed by atoms with Gasteiger partial charge < -0.3 is 10.3 Å². The highest BCUT2D eigenvalue weighted by Gasteiger charge is 2.03. The van der Waals surface area contributed by atoms with Gasteiger partial charge >= 0.3 is 12.2 Å². The van der Waals surface area contributed by atoms with Crippen LogP contribution in [-0.2, 0) is 16.1 Å². The third kappa shape index (κ3) is 2.77. The topological polar surface area (TPSA) is 62.7 Å². The van der Waals surface area contributed by atoms with Crippen molar-refractivity contribution in [2.24, 2.45) is 0 Å². The Bertz CT molecular complexity index is 601. The number of nitrogens with zero attached hydrogens (tertiary/aromatic N) is 2. The zero-order valence-corrected chi connectivity index (χ0v) is 9.04. The van der Waals surface area contributed by atoms with Crippen molar-refractivity contribution in [2.75, 3.05) is 0 Å². The Morgan fingerprint density at radius 1 is 1.24 bits per heavy atom. The zero-order valence-electron chi connectivity index (χ0n) is 9.04. The number of rotatable bonds is 3. The van der Waals surface area contributed by atoms with Gasteiger partial charge in [-0.3, -0.25) is 0 Å². The Labute approximate surface area is 98.1 Å². The number of carbonyl (C=O) groups is 1. The van der Waals surface area contributed by atoms with Crippen LogP contribution in [0.5, 0.6) is 0 Å². The van der Waals surface area contributed by atoms with Crippen molar-refractivity contribution < 1.29 is 14.3 Å². The number of hydrogen-bond acceptors (Lipinski definition) is 2. The summed E-state index contributed by atoms with van der Waals surface area (Å²) in [6, 6.07) is 13.8. The maximum atomic E-state index is 10.9. The summed E-state index contributed by atoms with van der Waals surface area (Å²) in [6.07, 6.45) is 0.723. The molecule has 0 aliphatic carbocycles. The van der Waals surface area contributed by atoms with Gasteiger partial charge in [-0.25, -0.2) is 4.79 Å². The monoisotopic (exact) mass is 226 g/mol. The lowest BCUT2D eigenvalue weighted by molar-refractivity contribution is -0.140. The number of ether oxygens (including phenoxy) is 1. The highest BCUT2D eigenvalue weighted by atomic mass is 16.5. The molecule has 0 amide bonds. The van der Waals surface area contributed by atoms with E-state index in [1.165, 1.54) is 0 Å². The molecule has 2 aromatic carbocycles. The van der Waals surface area contributed by atoms with Gasteiger partial charge in [0, 0.05) is 0 Å². The van der Waals surface area contributed by atoms with Crippen molar-refractivity contribution in [1.29, 1.82) is 0 Å². The van der Waals surface area contributed by atoms with Crippen LogP contribution < -0.4 is 0 Å². The minimum Gasteiger partial charge on any atom is -0.452 e. The predicted octanol–water partition coefficient (Wildman–Crippen LogP) is 2.18. The molecule has 0 saturated carbocycles. The Morgan fingerprint density at radius 3 is 2.76 bits per heavy atom. The lowest BCUT2D eigenvalue weighted by atomic mass is 10.1. The maximum absolute atomic E-state index is 10.9. The number of hydrogen-bond donors (Lipinski definition) is 0. The lowest BCUT2D eigenvalue weighted by Crippen LogP contribution is -2.05. The average Bonchev–Trinajstić information content (AvgIpc) is 2.36. The normalized spacial score (nSPS) is 9.65. The lowest BCUT2D eigenvalue weighted by Gasteiger charge is -2.03. The largest absolute Gasteiger partial charge is 0.452 e. The van der Waals surface area contributed by atoms with Crippen LogP contribution in [-0.4, -0.2) is 17.0 Å². The molecule has 0 aliphatic rings. The summed E-state index contributed by atoms with van der Waals surface area (Å²) in [6.45, 7) is 0.162. The quantitative estimate of drug-likeness (QED) is 0.348. The van der Waals surface area contributed by atoms with E-state index in [0.29, 0.717) is 0 Å². The average molecular weight is 226 g/mol. The number of benzene rings is 2. The highest BCUT2D eigenvalue weighted by molar-refractivity contribution is 6.20. The van der Waals surface area contributed by atoms with Crippen LogP contribution in [0.3, 0.4) is 0 Å². The fourth-order valence-electron chi connectivity index (χ4n) is 1.57. The zero-order chi connectivity index (χ0) is 12.1. The van der Waals surface area contributed by atoms with Crippen LogP contribution in [0.25, 0.3) is 16.3 Å². The van der Waals surface area contributed by atoms with E-state index >= 15 is 0 Å². The van der Waals surface area contributed by atoms with E-state index in [9.17, 15) is 4.79 Å². The predicted molar refractivity (Wildman–Crippen MR) is 63.4 cm³/mol. The fourth-order valence-corrected chi connectivity index (χ4v) is 1.57. The molecule has 0 spiro atoms. The number of carbonyl (C=O) groups excluding carboxylic acids is 1. The molecule has 0 N–H and O–H groups in total. The van der Waals surface area contributed by atoms with E-state index in [0.717, 1.165) is 22.6 Å². The summed E-state index contributed by atoms with van der Waals surface area (Å²) in [5.74, 6) is -0.666. The van der Waals surface area contributed by atoms with Gasteiger partial charge in [0.1, 0.15) is 6.61 Å². The molecule has 0 unspecified atom stereocenters. The van der Waals surface area contributed by atoms with Crippen LogP contribution in [0.4, 0.5) is 0 Å². The Kier molecular flexibility index (Phi) is 3.28. The summed E-state index contributed by atoms with van der Waals surface area (Å²) >= 11 is 0. The number of esters is 1. The van der Waals surface area contributed by atoms with E-state index in [1.807, 2.05) is 42.5 Å². The van der Waals surface area contributed by atoms with Crippen LogP contribution >= 0.6 is 0 Å². The molecule has 0 fully saturated rings. The molecule has 4 heteroatoms. The van der Waals surface area contributed by atoms with E-state index in [4.69, 9.17) is 10.3 Å². The van der Waals surface area contributed by atoms with Gasteiger partial charge in [0.25, 0.3) is 0 Å². The maximum Gasteiger partial charge on any atom is 0.413 e. The Morgan fingerprint density at radius 2 is 2.00 bits per heavy atom. The summed E-state index contributed by atoms with van der Waals surface area (Å²) in [5.41, 5.74) is 9.04. The summed E-state index contributed by atoms with van der Waals surface area (Å²) in [5, 5.41) is 2.23. The third-order valence-corrected chi connectivity index (χ3v) is 2.36. The second kappa shape index (κ2) is 5.05. The Hall–Kier alpha value is -2.45. The van der Waals surface area contributed by atoms with Gasteiger partial charge in [-0.1, -0.05) is 36.4 Å². The molecule has 0 aromatic heterocycles. The molecule has 2 rings (SSSR count). The van der Waals surface area contributed by atoms with Crippen molar-refractivity contribution in [3.8, 4) is 0 Å². The molecule has 84 valence electrons. The Balaban J connectivity index is 2.14. The fraction of sp³-hybridized carbons (Fsp3) is 0.0769. The van der Waals surface area contributed by atoms with Crippen molar-refractivity contribution in [3.63, 3.8) is 0 Å². The van der Waals surface area contributed by atoms with E-state index in [2.05, 4.69) is 4.79 Å². The summed E-state index contributed by atoms with van der Waals surface area (Å²) < 4.78 is 4.87. The highest BCUT2D eigenvalue weighted by Crippen LogP contribution is 2.15. The molecule has 0 bridgehead atoms. The summed E-state index contributed by atoms with van der Waals surface area (Å²) in [7, 11) is 0. The van der Waals surface area contributed by atoms with Gasteiger partial charge in [0.2, 0.25) is 0 Å². The molecule has 4 nitrogen and oxygen atoms in total. The van der Waals surface area contributed by atoms with Crippen LogP contribution in [0.1, 0.15) is 5.56 Å². The molecule has 0 radical (unpaired) electrons. The molecule has 0 atom stereocenters. The van der Waals surface area contributed by atoms with Gasteiger partial charge in [-0.2, -0.15) is 4.79 Å². The third-order valence-electron chi connectivity index (χ3n) is 2.36. The SMILES string of the molecule is [N-]=[N+]=CC(=O)OCc1ccc2ccccc2c1. The molecule has 0 aliphatic heterocycles. The molecular formula is C13H10N2O2. The van der Waals surface area contributed by atoms with E-state index < -0.39 is 5.97 Å². The van der Waals surface area contributed by atoms with Crippen LogP contribution in [0.2, 0.25) is 0 Å². The first-order valence-corrected chi connectivity index (χ1v) is 5.11. The number of fused-ring (bicyclic) bond motifs is 1. The summed E-state index contributed by atoms with van der Waals surface area (Å²) in [4.78, 5) is 13.5. The van der Waals surface area contributed by atoms with Crippen LogP contribution in [0.15, 0.2) is 42.5 Å². The smallest absolute Gasteiger partial charge is 0.413 e. The van der Waals surface area contributed by atoms with Crippen molar-refractivity contribution in [3.05, 3.63) is 53.6 Å². The van der Waals surface area contributed by atoms with Crippen molar-refractivity contribution in [1.82, 2.24) is 0 Å². The first kappa shape index (κ1) is 11.0. The minimum atomic E-state index is -0.666. The first-order valence-electron chi connectivity index (χ1n) is 5.11. The van der Waals surface area contributed by atoms with Gasteiger partial charge in [0.15, 0.2) is 0 Å². The molecule has 0 heterocycles.